The summed E-state index contributed by atoms with van der Waals surface area (Å²) in [6.07, 6.45) is 9.78. The van der Waals surface area contributed by atoms with Gasteiger partial charge in [0.25, 0.3) is 0 Å². The topological polar surface area (TPSA) is 86.1 Å². The van der Waals surface area contributed by atoms with E-state index < -0.39 is 0 Å². The summed E-state index contributed by atoms with van der Waals surface area (Å²) in [6, 6.07) is 11.8. The molecule has 0 spiro atoms. The van der Waals surface area contributed by atoms with E-state index in [1.807, 2.05) is 35.2 Å². The van der Waals surface area contributed by atoms with Crippen molar-refractivity contribution < 1.29 is 9.59 Å². The van der Waals surface area contributed by atoms with E-state index >= 15 is 0 Å². The quantitative estimate of drug-likeness (QED) is 0.633. The molecular formula is C24H22N4O2. The van der Waals surface area contributed by atoms with E-state index in [2.05, 4.69) is 22.4 Å². The van der Waals surface area contributed by atoms with Crippen molar-refractivity contribution in [2.75, 3.05) is 18.4 Å². The average molecular weight is 398 g/mol. The molecule has 150 valence electrons. The number of aromatic nitrogens is 1. The lowest BCUT2D eigenvalue weighted by molar-refractivity contribution is -0.125. The average Bonchev–Trinajstić information content (AvgIpc) is 2.78. The van der Waals surface area contributed by atoms with Gasteiger partial charge in [0.15, 0.2) is 0 Å². The van der Waals surface area contributed by atoms with Gasteiger partial charge in [-0.25, -0.2) is 4.98 Å². The molecule has 1 aromatic carbocycles. The van der Waals surface area contributed by atoms with Crippen molar-refractivity contribution in [2.24, 2.45) is 0 Å². The fourth-order valence-electron chi connectivity index (χ4n) is 3.74. The van der Waals surface area contributed by atoms with E-state index in [0.717, 1.165) is 29.5 Å². The molecule has 0 fully saturated rings. The molecule has 2 aliphatic heterocycles. The number of nitriles is 1. The first-order chi connectivity index (χ1) is 14.6. The van der Waals surface area contributed by atoms with Gasteiger partial charge >= 0.3 is 0 Å². The van der Waals surface area contributed by atoms with Crippen LogP contribution in [0, 0.1) is 11.3 Å². The summed E-state index contributed by atoms with van der Waals surface area (Å²) in [5.41, 5.74) is 4.83. The van der Waals surface area contributed by atoms with Crippen LogP contribution in [0.15, 0.2) is 54.3 Å². The Morgan fingerprint density at radius 1 is 1.27 bits per heavy atom. The standard InChI is InChI=1S/C24H22N4O2/c25-15-21-4-2-1-3-19(21)13-17-9-11-28(12-10-17)23(30)8-5-18-14-20-6-7-22(29)27-24(20)26-16-18/h1-5,8-9,14,16H,6-7,10-13H2,(H,26,27,29)/b8-5+. The summed E-state index contributed by atoms with van der Waals surface area (Å²) in [5.74, 6) is 0.567. The molecule has 2 aromatic rings. The summed E-state index contributed by atoms with van der Waals surface area (Å²) in [7, 11) is 0. The summed E-state index contributed by atoms with van der Waals surface area (Å²) in [5, 5.41) is 12.0. The van der Waals surface area contributed by atoms with Crippen molar-refractivity contribution in [1.29, 1.82) is 5.26 Å². The highest BCUT2D eigenvalue weighted by molar-refractivity contribution is 5.94. The largest absolute Gasteiger partial charge is 0.335 e. The molecule has 0 atom stereocenters. The molecule has 2 aliphatic rings. The molecule has 0 saturated carbocycles. The van der Waals surface area contributed by atoms with Gasteiger partial charge in [0, 0.05) is 31.8 Å². The second kappa shape index (κ2) is 8.75. The maximum absolute atomic E-state index is 12.6. The van der Waals surface area contributed by atoms with Crippen molar-refractivity contribution in [1.82, 2.24) is 9.88 Å². The molecule has 0 bridgehead atoms. The number of carbonyl (C=O) groups excluding carboxylic acids is 2. The van der Waals surface area contributed by atoms with Crippen LogP contribution < -0.4 is 5.32 Å². The second-order valence-corrected chi connectivity index (χ2v) is 7.50. The molecule has 0 aliphatic carbocycles. The monoisotopic (exact) mass is 398 g/mol. The molecular weight excluding hydrogens is 376 g/mol. The normalized spacial score (nSPS) is 15.9. The van der Waals surface area contributed by atoms with Crippen LogP contribution in [0.5, 0.6) is 0 Å². The minimum Gasteiger partial charge on any atom is -0.335 e. The Morgan fingerprint density at radius 3 is 2.93 bits per heavy atom. The van der Waals surface area contributed by atoms with Crippen LogP contribution in [0.2, 0.25) is 0 Å². The molecule has 6 nitrogen and oxygen atoms in total. The molecule has 30 heavy (non-hydrogen) atoms. The lowest BCUT2D eigenvalue weighted by Gasteiger charge is -2.25. The Labute approximate surface area is 175 Å². The molecule has 2 amide bonds. The highest BCUT2D eigenvalue weighted by Gasteiger charge is 2.17. The number of fused-ring (bicyclic) bond motifs is 1. The summed E-state index contributed by atoms with van der Waals surface area (Å²) in [6.45, 7) is 1.24. The fourth-order valence-corrected chi connectivity index (χ4v) is 3.74. The van der Waals surface area contributed by atoms with Crippen LogP contribution in [0.1, 0.15) is 35.1 Å². The third-order valence-corrected chi connectivity index (χ3v) is 5.46. The number of anilines is 1. The summed E-state index contributed by atoms with van der Waals surface area (Å²) >= 11 is 0. The van der Waals surface area contributed by atoms with Crippen molar-refractivity contribution in [3.63, 3.8) is 0 Å². The van der Waals surface area contributed by atoms with Crippen LogP contribution in [0.3, 0.4) is 0 Å². The van der Waals surface area contributed by atoms with Crippen LogP contribution in [-0.4, -0.2) is 34.8 Å². The molecule has 1 N–H and O–H groups in total. The molecule has 6 heteroatoms. The van der Waals surface area contributed by atoms with Gasteiger partial charge in [-0.15, -0.1) is 0 Å². The van der Waals surface area contributed by atoms with Gasteiger partial charge in [0.05, 0.1) is 11.6 Å². The zero-order valence-corrected chi connectivity index (χ0v) is 16.6. The number of pyridine rings is 1. The number of aryl methyl sites for hydroxylation is 1. The third kappa shape index (κ3) is 4.47. The van der Waals surface area contributed by atoms with Crippen molar-refractivity contribution in [3.05, 3.63) is 76.5 Å². The Morgan fingerprint density at radius 2 is 2.13 bits per heavy atom. The Balaban J connectivity index is 1.36. The number of benzene rings is 1. The molecule has 4 rings (SSSR count). The SMILES string of the molecule is N#Cc1ccccc1CC1=CCN(C(=O)/C=C/c2cnc3c(c2)CCC(=O)N3)CC1. The van der Waals surface area contributed by atoms with Gasteiger partial charge in [-0.3, -0.25) is 9.59 Å². The first-order valence-corrected chi connectivity index (χ1v) is 10.0. The summed E-state index contributed by atoms with van der Waals surface area (Å²) in [4.78, 5) is 30.1. The first-order valence-electron chi connectivity index (χ1n) is 10.0. The highest BCUT2D eigenvalue weighted by Crippen LogP contribution is 2.22. The van der Waals surface area contributed by atoms with Crippen molar-refractivity contribution in [3.8, 4) is 6.07 Å². The molecule has 1 aromatic heterocycles. The van der Waals surface area contributed by atoms with E-state index in [1.54, 1.807) is 18.3 Å². The summed E-state index contributed by atoms with van der Waals surface area (Å²) < 4.78 is 0. The van der Waals surface area contributed by atoms with Gasteiger partial charge < -0.3 is 10.2 Å². The van der Waals surface area contributed by atoms with E-state index in [0.29, 0.717) is 37.3 Å². The van der Waals surface area contributed by atoms with Gasteiger partial charge in [0.1, 0.15) is 5.82 Å². The lowest BCUT2D eigenvalue weighted by atomic mass is 9.96. The molecule has 3 heterocycles. The van der Waals surface area contributed by atoms with Gasteiger partial charge in [-0.1, -0.05) is 29.8 Å². The minimum absolute atomic E-state index is 0.0119. The highest BCUT2D eigenvalue weighted by atomic mass is 16.2. The minimum atomic E-state index is -0.0336. The number of rotatable bonds is 4. The number of hydrogen-bond acceptors (Lipinski definition) is 4. The zero-order valence-electron chi connectivity index (χ0n) is 16.6. The predicted octanol–water partition coefficient (Wildman–Crippen LogP) is 3.25. The number of amides is 2. The maximum atomic E-state index is 12.6. The van der Waals surface area contributed by atoms with Crippen LogP contribution in [0.4, 0.5) is 5.82 Å². The van der Waals surface area contributed by atoms with Crippen LogP contribution in [0.25, 0.3) is 6.08 Å². The van der Waals surface area contributed by atoms with Crippen LogP contribution in [-0.2, 0) is 22.4 Å². The van der Waals surface area contributed by atoms with E-state index in [-0.39, 0.29) is 11.8 Å². The Kier molecular flexibility index (Phi) is 5.71. The smallest absolute Gasteiger partial charge is 0.246 e. The molecule has 0 saturated heterocycles. The van der Waals surface area contributed by atoms with Crippen molar-refractivity contribution >= 4 is 23.7 Å². The van der Waals surface area contributed by atoms with E-state index in [1.165, 1.54) is 5.57 Å². The number of hydrogen-bond donors (Lipinski definition) is 1. The third-order valence-electron chi connectivity index (χ3n) is 5.46. The fraction of sp³-hybridized carbons (Fsp3) is 0.250. The van der Waals surface area contributed by atoms with Gasteiger partial charge in [-0.2, -0.15) is 5.26 Å². The second-order valence-electron chi connectivity index (χ2n) is 7.50. The Hall–Kier alpha value is -3.72. The van der Waals surface area contributed by atoms with Crippen LogP contribution >= 0.6 is 0 Å². The molecule has 0 unspecified atom stereocenters. The number of nitrogens with zero attached hydrogens (tertiary/aromatic N) is 3. The zero-order chi connectivity index (χ0) is 20.9. The number of carbonyl (C=O) groups is 2. The first kappa shape index (κ1) is 19.6. The van der Waals surface area contributed by atoms with E-state index in [9.17, 15) is 14.9 Å². The maximum Gasteiger partial charge on any atom is 0.246 e. The predicted molar refractivity (Wildman–Crippen MR) is 114 cm³/mol. The van der Waals surface area contributed by atoms with E-state index in [4.69, 9.17) is 0 Å². The van der Waals surface area contributed by atoms with Crippen molar-refractivity contribution in [2.45, 2.75) is 25.7 Å². The lowest BCUT2D eigenvalue weighted by Crippen LogP contribution is -2.33. The van der Waals surface area contributed by atoms with Gasteiger partial charge in [0.2, 0.25) is 11.8 Å². The van der Waals surface area contributed by atoms with Gasteiger partial charge in [-0.05, 0) is 54.2 Å². The molecule has 0 radical (unpaired) electrons. The Bertz CT molecular complexity index is 1090. The number of nitrogens with one attached hydrogen (secondary N) is 1.